The Hall–Kier alpha value is -1.64. The Morgan fingerprint density at radius 2 is 0.540 bits per heavy atom. The van der Waals surface area contributed by atoms with Crippen molar-refractivity contribution in [1.29, 1.82) is 0 Å². The van der Waals surface area contributed by atoms with Crippen LogP contribution in [0.25, 0.3) is 0 Å². The van der Waals surface area contributed by atoms with Crippen LogP contribution in [0.3, 0.4) is 0 Å². The van der Waals surface area contributed by atoms with Crippen LogP contribution in [0.5, 0.6) is 0 Å². The van der Waals surface area contributed by atoms with Gasteiger partial charge >= 0.3 is 0 Å². The van der Waals surface area contributed by atoms with Gasteiger partial charge in [0.25, 0.3) is 0 Å². The molecule has 0 aliphatic carbocycles. The normalized spacial score (nSPS) is 12.8. The van der Waals surface area contributed by atoms with Crippen LogP contribution in [0.4, 0.5) is 0 Å². The van der Waals surface area contributed by atoms with Crippen LogP contribution < -0.4 is 0 Å². The average molecular weight is 876 g/mol. The first kappa shape index (κ1) is 61.4. The molecule has 368 valence electrons. The zero-order chi connectivity index (χ0) is 45.6. The maximum Gasteiger partial charge on any atom is 0.00952 e. The van der Waals surface area contributed by atoms with Gasteiger partial charge in [-0.3, -0.25) is 0 Å². The molecule has 0 heterocycles. The van der Waals surface area contributed by atoms with E-state index in [0.29, 0.717) is 0 Å². The van der Waals surface area contributed by atoms with Gasteiger partial charge in [0.05, 0.1) is 0 Å². The molecular weight excluding hydrogens is 761 g/mol. The van der Waals surface area contributed by atoms with Crippen molar-refractivity contribution in [3.63, 3.8) is 0 Å². The van der Waals surface area contributed by atoms with Crippen LogP contribution in [0, 0.1) is 0 Å². The third-order valence-electron chi connectivity index (χ3n) is 12.9. The molecule has 2 nitrogen and oxygen atoms in total. The summed E-state index contributed by atoms with van der Waals surface area (Å²) in [5.41, 5.74) is 0. The van der Waals surface area contributed by atoms with Gasteiger partial charge < -0.3 is 9.80 Å². The highest BCUT2D eigenvalue weighted by atomic mass is 15.2. The first-order valence-corrected chi connectivity index (χ1v) is 28.4. The molecule has 0 amide bonds. The van der Waals surface area contributed by atoms with Gasteiger partial charge in [0.1, 0.15) is 0 Å². The predicted molar refractivity (Wildman–Crippen MR) is 290 cm³/mol. The number of hydrogen-bond acceptors (Lipinski definition) is 2. The summed E-state index contributed by atoms with van der Waals surface area (Å²) in [6.45, 7) is 10.7. The van der Waals surface area contributed by atoms with E-state index in [-0.39, 0.29) is 0 Å². The summed E-state index contributed by atoms with van der Waals surface area (Å²) in [6.07, 6.45) is 82.5. The van der Waals surface area contributed by atoms with Crippen LogP contribution >= 0.6 is 0 Å². The third kappa shape index (κ3) is 51.2. The van der Waals surface area contributed by atoms with Gasteiger partial charge in [0.15, 0.2) is 0 Å². The van der Waals surface area contributed by atoms with Crippen LogP contribution in [0.1, 0.15) is 278 Å². The Kier molecular flexibility index (Phi) is 53.3. The lowest BCUT2D eigenvalue weighted by atomic mass is 9.97. The van der Waals surface area contributed by atoms with Gasteiger partial charge in [-0.05, 0) is 156 Å². The number of unbranched alkanes of at least 4 members (excludes halogenated alkanes) is 28. The molecule has 0 radical (unpaired) electrons. The minimum absolute atomic E-state index is 0.786. The maximum atomic E-state index is 2.98. The lowest BCUT2D eigenvalue weighted by Crippen LogP contribution is -2.38. The summed E-state index contributed by atoms with van der Waals surface area (Å²) in [5, 5.41) is 0. The molecule has 0 saturated heterocycles. The zero-order valence-electron chi connectivity index (χ0n) is 43.8. The summed E-state index contributed by atoms with van der Waals surface area (Å²) >= 11 is 0. The van der Waals surface area contributed by atoms with E-state index < -0.39 is 0 Å². The molecule has 0 saturated carbocycles. The molecule has 0 aromatic heterocycles. The van der Waals surface area contributed by atoms with E-state index in [0.717, 1.165) is 25.3 Å². The second-order valence-corrected chi connectivity index (χ2v) is 19.5. The largest absolute Gasteiger partial charge is 0.309 e. The molecule has 0 N–H and O–H groups in total. The molecule has 0 aliphatic heterocycles. The minimum Gasteiger partial charge on any atom is -0.309 e. The monoisotopic (exact) mass is 875 g/mol. The van der Waals surface area contributed by atoms with Crippen molar-refractivity contribution < 1.29 is 0 Å². The topological polar surface area (TPSA) is 6.48 Å². The van der Waals surface area contributed by atoms with Crippen LogP contribution in [-0.2, 0) is 0 Å². The van der Waals surface area contributed by atoms with Crippen molar-refractivity contribution >= 4 is 0 Å². The van der Waals surface area contributed by atoms with Gasteiger partial charge in [-0.25, -0.2) is 0 Å². The summed E-state index contributed by atoms with van der Waals surface area (Å²) in [6, 6.07) is 0.786. The molecule has 2 heteroatoms. The molecule has 0 atom stereocenters. The average Bonchev–Trinajstić information content (AvgIpc) is 3.28. The highest BCUT2D eigenvalue weighted by molar-refractivity contribution is 4.94. The fraction of sp³-hybridized carbons (Fsp3) is 0.803. The van der Waals surface area contributed by atoms with E-state index >= 15 is 0 Å². The molecule has 0 unspecified atom stereocenters. The lowest BCUT2D eigenvalue weighted by Gasteiger charge is -2.33. The van der Waals surface area contributed by atoms with E-state index in [2.05, 4.69) is 118 Å². The zero-order valence-corrected chi connectivity index (χ0v) is 43.8. The van der Waals surface area contributed by atoms with Crippen LogP contribution in [0.15, 0.2) is 72.9 Å². The summed E-state index contributed by atoms with van der Waals surface area (Å²) in [4.78, 5) is 5.37. The summed E-state index contributed by atoms with van der Waals surface area (Å²) in [5.74, 6) is 0. The van der Waals surface area contributed by atoms with Gasteiger partial charge in [-0.1, -0.05) is 229 Å². The van der Waals surface area contributed by atoms with Crippen molar-refractivity contribution in [2.45, 2.75) is 284 Å². The van der Waals surface area contributed by atoms with Gasteiger partial charge in [0.2, 0.25) is 0 Å². The second-order valence-electron chi connectivity index (χ2n) is 19.5. The summed E-state index contributed by atoms with van der Waals surface area (Å²) < 4.78 is 0. The SMILES string of the molecule is CCCCC/C=C\C/C=C\CCCCCCCCCN(CCCN(C)C)C(CCCCCCCC/C=C\C/C=C\CCCCC)CCCCCCCC/C=C\C/C=C\CCCCC. The Morgan fingerprint density at radius 3 is 0.857 bits per heavy atom. The van der Waals surface area contributed by atoms with Crippen molar-refractivity contribution in [1.82, 2.24) is 9.80 Å². The van der Waals surface area contributed by atoms with E-state index in [1.807, 2.05) is 0 Å². The Balaban J connectivity index is 4.72. The van der Waals surface area contributed by atoms with Crippen molar-refractivity contribution in [3.8, 4) is 0 Å². The van der Waals surface area contributed by atoms with E-state index in [1.165, 1.54) is 257 Å². The molecule has 0 bridgehead atoms. The van der Waals surface area contributed by atoms with Crippen molar-refractivity contribution in [2.75, 3.05) is 33.7 Å². The molecule has 0 rings (SSSR count). The van der Waals surface area contributed by atoms with Gasteiger partial charge in [0, 0.05) is 6.04 Å². The standard InChI is InChI=1S/C61H114N2/c1-6-9-12-15-18-21-24-27-30-33-36-39-42-45-48-51-54-59-63(60-55-58-62(4)5)61(56-52-49-46-43-40-37-34-31-28-25-22-19-16-13-10-7-2)57-53-50-47-44-41-38-35-32-29-26-23-20-17-14-11-8-3/h18-23,27-32,61H,6-17,24-26,33-60H2,1-5H3/b21-18-,22-19-,23-20-,30-27-,31-28-,32-29-. The van der Waals surface area contributed by atoms with Crippen LogP contribution in [0.2, 0.25) is 0 Å². The second kappa shape index (κ2) is 54.7. The Bertz CT molecular complexity index is 981. The van der Waals surface area contributed by atoms with E-state index in [4.69, 9.17) is 0 Å². The Morgan fingerprint density at radius 1 is 0.270 bits per heavy atom. The van der Waals surface area contributed by atoms with Gasteiger partial charge in [-0.2, -0.15) is 0 Å². The quantitative estimate of drug-likeness (QED) is 0.0444. The molecule has 0 fully saturated rings. The Labute approximate surface area is 398 Å². The van der Waals surface area contributed by atoms with Crippen molar-refractivity contribution in [3.05, 3.63) is 72.9 Å². The highest BCUT2D eigenvalue weighted by Crippen LogP contribution is 2.21. The predicted octanol–water partition coefficient (Wildman–Crippen LogP) is 20.2. The highest BCUT2D eigenvalue weighted by Gasteiger charge is 2.18. The number of hydrogen-bond donors (Lipinski definition) is 0. The smallest absolute Gasteiger partial charge is 0.00952 e. The lowest BCUT2D eigenvalue weighted by molar-refractivity contribution is 0.159. The van der Waals surface area contributed by atoms with Gasteiger partial charge in [-0.15, -0.1) is 0 Å². The number of nitrogens with zero attached hydrogens (tertiary/aromatic N) is 2. The third-order valence-corrected chi connectivity index (χ3v) is 12.9. The first-order chi connectivity index (χ1) is 31.2. The molecule has 0 aromatic rings. The molecule has 0 aromatic carbocycles. The number of allylic oxidation sites excluding steroid dienone is 12. The van der Waals surface area contributed by atoms with E-state index in [1.54, 1.807) is 0 Å². The summed E-state index contributed by atoms with van der Waals surface area (Å²) in [7, 11) is 4.50. The molecule has 0 spiro atoms. The molecule has 0 aliphatic rings. The van der Waals surface area contributed by atoms with Crippen molar-refractivity contribution in [2.24, 2.45) is 0 Å². The molecule has 63 heavy (non-hydrogen) atoms. The fourth-order valence-electron chi connectivity index (χ4n) is 8.79. The maximum absolute atomic E-state index is 2.98. The first-order valence-electron chi connectivity index (χ1n) is 28.4. The van der Waals surface area contributed by atoms with E-state index in [9.17, 15) is 0 Å². The van der Waals surface area contributed by atoms with Crippen LogP contribution in [-0.4, -0.2) is 49.6 Å². The number of rotatable bonds is 51. The minimum atomic E-state index is 0.786. The fourth-order valence-corrected chi connectivity index (χ4v) is 8.79. The molecular formula is C61H114N2.